The van der Waals surface area contributed by atoms with E-state index in [0.717, 1.165) is 60.4 Å². The molecular formula is C26H34FN3O5S. The van der Waals surface area contributed by atoms with E-state index in [1.807, 2.05) is 6.07 Å². The molecule has 0 aromatic heterocycles. The van der Waals surface area contributed by atoms with Crippen LogP contribution in [-0.2, 0) is 26.2 Å². The third-order valence-corrected chi connectivity index (χ3v) is 7.54. The quantitative estimate of drug-likeness (QED) is 0.519. The molecule has 1 fully saturated rings. The summed E-state index contributed by atoms with van der Waals surface area (Å²) in [5, 5.41) is 3.05. The molecule has 10 heteroatoms. The van der Waals surface area contributed by atoms with E-state index in [-0.39, 0.29) is 24.2 Å². The number of amides is 2. The molecule has 196 valence electrons. The second kappa shape index (κ2) is 12.2. The average Bonchev–Trinajstić information content (AvgIpc) is 2.86. The summed E-state index contributed by atoms with van der Waals surface area (Å²) >= 11 is 0. The Balaban J connectivity index is 1.87. The Morgan fingerprint density at radius 2 is 1.78 bits per heavy atom. The van der Waals surface area contributed by atoms with E-state index in [2.05, 4.69) is 5.32 Å². The van der Waals surface area contributed by atoms with Gasteiger partial charge in [-0.3, -0.25) is 13.9 Å². The SMILES string of the molecule is COc1cccc(CN(C(=O)CN(c2ccc(F)cc2)S(C)(=O)=O)[C@H](C)C(=O)NC2CCCCC2)c1. The van der Waals surface area contributed by atoms with E-state index in [9.17, 15) is 22.4 Å². The van der Waals surface area contributed by atoms with Crippen molar-refractivity contribution >= 4 is 27.5 Å². The van der Waals surface area contributed by atoms with Gasteiger partial charge in [0.1, 0.15) is 24.2 Å². The minimum atomic E-state index is -3.87. The maximum atomic E-state index is 13.6. The molecule has 2 amide bonds. The summed E-state index contributed by atoms with van der Waals surface area (Å²) in [4.78, 5) is 28.1. The van der Waals surface area contributed by atoms with Gasteiger partial charge in [-0.25, -0.2) is 12.8 Å². The van der Waals surface area contributed by atoms with Gasteiger partial charge in [-0.05, 0) is 61.7 Å². The number of ether oxygens (including phenoxy) is 1. The Bertz CT molecular complexity index is 1150. The minimum absolute atomic E-state index is 0.0641. The van der Waals surface area contributed by atoms with Crippen molar-refractivity contribution in [3.05, 3.63) is 59.9 Å². The normalized spacial score (nSPS) is 15.1. The lowest BCUT2D eigenvalue weighted by Crippen LogP contribution is -2.52. The number of nitrogens with one attached hydrogen (secondary N) is 1. The number of anilines is 1. The van der Waals surface area contributed by atoms with E-state index in [4.69, 9.17) is 4.74 Å². The molecule has 1 aliphatic carbocycles. The van der Waals surface area contributed by atoms with Crippen LogP contribution >= 0.6 is 0 Å². The Kier molecular flexibility index (Phi) is 9.31. The number of hydrogen-bond donors (Lipinski definition) is 1. The fourth-order valence-electron chi connectivity index (χ4n) is 4.34. The van der Waals surface area contributed by atoms with Crippen molar-refractivity contribution in [3.63, 3.8) is 0 Å². The van der Waals surface area contributed by atoms with Gasteiger partial charge in [0.05, 0.1) is 19.1 Å². The third-order valence-electron chi connectivity index (χ3n) is 6.40. The predicted molar refractivity (Wildman–Crippen MR) is 137 cm³/mol. The Morgan fingerprint density at radius 3 is 2.39 bits per heavy atom. The first-order valence-corrected chi connectivity index (χ1v) is 13.9. The van der Waals surface area contributed by atoms with Crippen molar-refractivity contribution in [1.29, 1.82) is 0 Å². The molecule has 0 heterocycles. The van der Waals surface area contributed by atoms with Crippen molar-refractivity contribution in [3.8, 4) is 5.75 Å². The highest BCUT2D eigenvalue weighted by molar-refractivity contribution is 7.92. The fourth-order valence-corrected chi connectivity index (χ4v) is 5.19. The van der Waals surface area contributed by atoms with Crippen LogP contribution in [0.2, 0.25) is 0 Å². The molecule has 1 saturated carbocycles. The summed E-state index contributed by atoms with van der Waals surface area (Å²) in [5.41, 5.74) is 0.889. The molecular weight excluding hydrogens is 485 g/mol. The highest BCUT2D eigenvalue weighted by atomic mass is 32.2. The van der Waals surface area contributed by atoms with Gasteiger partial charge in [-0.2, -0.15) is 0 Å². The van der Waals surface area contributed by atoms with Crippen LogP contribution in [0.15, 0.2) is 48.5 Å². The molecule has 3 rings (SSSR count). The monoisotopic (exact) mass is 519 g/mol. The van der Waals surface area contributed by atoms with Crippen LogP contribution in [0.5, 0.6) is 5.75 Å². The summed E-state index contributed by atoms with van der Waals surface area (Å²) in [6.45, 7) is 1.19. The van der Waals surface area contributed by atoms with Crippen molar-refractivity contribution in [2.45, 2.75) is 57.7 Å². The molecule has 8 nitrogen and oxygen atoms in total. The van der Waals surface area contributed by atoms with Crippen molar-refractivity contribution in [2.24, 2.45) is 0 Å². The number of sulfonamides is 1. The smallest absolute Gasteiger partial charge is 0.244 e. The Hall–Kier alpha value is -3.14. The first-order chi connectivity index (χ1) is 17.1. The number of methoxy groups -OCH3 is 1. The number of nitrogens with zero attached hydrogens (tertiary/aromatic N) is 2. The van der Waals surface area contributed by atoms with Gasteiger partial charge in [0, 0.05) is 12.6 Å². The topological polar surface area (TPSA) is 96.0 Å². The van der Waals surface area contributed by atoms with E-state index >= 15 is 0 Å². The van der Waals surface area contributed by atoms with Crippen LogP contribution in [0, 0.1) is 5.82 Å². The van der Waals surface area contributed by atoms with E-state index in [0.29, 0.717) is 5.75 Å². The predicted octanol–water partition coefficient (Wildman–Crippen LogP) is 3.47. The molecule has 1 atom stereocenters. The molecule has 0 aliphatic heterocycles. The van der Waals surface area contributed by atoms with Crippen LogP contribution in [-0.4, -0.2) is 57.1 Å². The standard InChI is InChI=1S/C26H34FN3O5S/c1-19(26(32)28-22-9-5-4-6-10-22)29(17-20-8-7-11-24(16-20)35-2)25(31)18-30(36(3,33)34)23-14-12-21(27)13-15-23/h7-8,11-16,19,22H,4-6,9-10,17-18H2,1-3H3,(H,28,32)/t19-/m1/s1. The van der Waals surface area contributed by atoms with E-state index < -0.39 is 34.3 Å². The summed E-state index contributed by atoms with van der Waals surface area (Å²) in [6, 6.07) is 11.2. The number of carbonyl (C=O) groups excluding carboxylic acids is 2. The molecule has 0 saturated heterocycles. The van der Waals surface area contributed by atoms with Crippen molar-refractivity contribution < 1.29 is 27.1 Å². The Labute approximate surface area is 212 Å². The third kappa shape index (κ3) is 7.43. The number of rotatable bonds is 10. The fraction of sp³-hybridized carbons (Fsp3) is 0.462. The lowest BCUT2D eigenvalue weighted by molar-refractivity contribution is -0.139. The van der Waals surface area contributed by atoms with Crippen molar-refractivity contribution in [1.82, 2.24) is 10.2 Å². The molecule has 0 bridgehead atoms. The average molecular weight is 520 g/mol. The second-order valence-electron chi connectivity index (χ2n) is 9.14. The number of carbonyl (C=O) groups is 2. The van der Waals surface area contributed by atoms with Crippen LogP contribution in [0.25, 0.3) is 0 Å². The van der Waals surface area contributed by atoms with Gasteiger partial charge in [0.25, 0.3) is 0 Å². The van der Waals surface area contributed by atoms with Crippen LogP contribution in [0.1, 0.15) is 44.6 Å². The highest BCUT2D eigenvalue weighted by Gasteiger charge is 2.31. The van der Waals surface area contributed by atoms with Gasteiger partial charge in [-0.15, -0.1) is 0 Å². The summed E-state index contributed by atoms with van der Waals surface area (Å²) in [7, 11) is -2.33. The van der Waals surface area contributed by atoms with Crippen LogP contribution in [0.3, 0.4) is 0 Å². The number of halogens is 1. The highest BCUT2D eigenvalue weighted by Crippen LogP contribution is 2.22. The van der Waals surface area contributed by atoms with Gasteiger partial charge in [-0.1, -0.05) is 31.4 Å². The molecule has 0 unspecified atom stereocenters. The van der Waals surface area contributed by atoms with Crippen LogP contribution in [0.4, 0.5) is 10.1 Å². The largest absolute Gasteiger partial charge is 0.497 e. The minimum Gasteiger partial charge on any atom is -0.497 e. The zero-order chi connectivity index (χ0) is 26.3. The summed E-state index contributed by atoms with van der Waals surface area (Å²) in [5.74, 6) is -0.765. The Morgan fingerprint density at radius 1 is 1.11 bits per heavy atom. The van der Waals surface area contributed by atoms with E-state index in [1.165, 1.54) is 24.1 Å². The first kappa shape index (κ1) is 27.4. The van der Waals surface area contributed by atoms with Gasteiger partial charge >= 0.3 is 0 Å². The van der Waals surface area contributed by atoms with E-state index in [1.54, 1.807) is 25.1 Å². The first-order valence-electron chi connectivity index (χ1n) is 12.0. The van der Waals surface area contributed by atoms with Gasteiger partial charge < -0.3 is 15.0 Å². The zero-order valence-electron chi connectivity index (χ0n) is 20.9. The lowest BCUT2D eigenvalue weighted by Gasteiger charge is -2.33. The summed E-state index contributed by atoms with van der Waals surface area (Å²) in [6.07, 6.45) is 6.02. The molecule has 1 aliphatic rings. The second-order valence-corrected chi connectivity index (χ2v) is 11.0. The van der Waals surface area contributed by atoms with Crippen LogP contribution < -0.4 is 14.4 Å². The lowest BCUT2D eigenvalue weighted by atomic mass is 9.95. The molecule has 0 spiro atoms. The molecule has 1 N–H and O–H groups in total. The van der Waals surface area contributed by atoms with Gasteiger partial charge in [0.2, 0.25) is 21.8 Å². The number of hydrogen-bond acceptors (Lipinski definition) is 5. The summed E-state index contributed by atoms with van der Waals surface area (Å²) < 4.78 is 44.7. The molecule has 2 aromatic carbocycles. The number of benzene rings is 2. The van der Waals surface area contributed by atoms with Gasteiger partial charge in [0.15, 0.2) is 0 Å². The molecule has 0 radical (unpaired) electrons. The molecule has 2 aromatic rings. The van der Waals surface area contributed by atoms with Crippen molar-refractivity contribution in [2.75, 3.05) is 24.2 Å². The maximum Gasteiger partial charge on any atom is 0.244 e. The maximum absolute atomic E-state index is 13.6. The molecule has 36 heavy (non-hydrogen) atoms. The zero-order valence-corrected chi connectivity index (χ0v) is 21.8.